The van der Waals surface area contributed by atoms with Gasteiger partial charge in [-0.2, -0.15) is 0 Å². The quantitative estimate of drug-likeness (QED) is 0.105. The maximum Gasteiger partial charge on any atom is -0.0134 e. The van der Waals surface area contributed by atoms with Crippen molar-refractivity contribution in [1.29, 1.82) is 0 Å². The van der Waals surface area contributed by atoms with Crippen molar-refractivity contribution in [2.45, 2.75) is 46.0 Å². The largest absolute Gasteiger partial charge is 0.0654 e. The van der Waals surface area contributed by atoms with Crippen molar-refractivity contribution >= 4 is 47.7 Å². The molecule has 0 aliphatic carbocycles. The molecule has 0 nitrogen and oxygen atoms in total. The minimum absolute atomic E-state index is 0.446. The molecule has 6 aromatic rings. The van der Waals surface area contributed by atoms with Gasteiger partial charge in [0, 0.05) is 0 Å². The molecule has 0 aliphatic heterocycles. The van der Waals surface area contributed by atoms with Gasteiger partial charge in [0.05, 0.1) is 0 Å². The molecular weight excluding hydrogens is 578 g/mol. The highest BCUT2D eigenvalue weighted by Crippen LogP contribution is 2.33. The monoisotopic (exact) mass is 624 g/mol. The van der Waals surface area contributed by atoms with Crippen LogP contribution in [0.2, 0.25) is 0 Å². The summed E-state index contributed by atoms with van der Waals surface area (Å²) in [6, 6.07) is 64.7. The van der Waals surface area contributed by atoms with Gasteiger partial charge in [0.25, 0.3) is 0 Å². The standard InChI is InChI=1S/2C18H15P.C7H16/c2*1-4-10-16(11-5-1)19(17-12-6-2-7-13-17)18-14-8-3-9-15-18;1-3-5-7-6-4-2/h2*1-15H;3-7H2,1-2H3. The smallest absolute Gasteiger partial charge is 0.0134 e. The number of benzene rings is 6. The Labute approximate surface area is 274 Å². The first kappa shape index (κ1) is 34.1. The van der Waals surface area contributed by atoms with Crippen LogP contribution >= 0.6 is 15.8 Å². The van der Waals surface area contributed by atoms with Crippen LogP contribution in [-0.2, 0) is 0 Å². The van der Waals surface area contributed by atoms with Gasteiger partial charge in [-0.3, -0.25) is 0 Å². The van der Waals surface area contributed by atoms with Gasteiger partial charge in [-0.15, -0.1) is 0 Å². The maximum absolute atomic E-state index is 2.25. The minimum atomic E-state index is -0.446. The van der Waals surface area contributed by atoms with Crippen molar-refractivity contribution in [2.75, 3.05) is 0 Å². The number of rotatable bonds is 10. The van der Waals surface area contributed by atoms with Gasteiger partial charge in [-0.05, 0) is 47.7 Å². The van der Waals surface area contributed by atoms with Crippen LogP contribution in [0.4, 0.5) is 0 Å². The third-order valence-electron chi connectivity index (χ3n) is 7.29. The molecular formula is C43H46P2. The van der Waals surface area contributed by atoms with E-state index in [0.29, 0.717) is 0 Å². The number of hydrogen-bond donors (Lipinski definition) is 0. The summed E-state index contributed by atoms with van der Waals surface area (Å²) < 4.78 is 0. The lowest BCUT2D eigenvalue weighted by atomic mass is 10.2. The molecule has 0 spiro atoms. The van der Waals surface area contributed by atoms with Gasteiger partial charge in [0.2, 0.25) is 0 Å². The van der Waals surface area contributed by atoms with Crippen LogP contribution < -0.4 is 31.8 Å². The predicted octanol–water partition coefficient (Wildman–Crippen LogP) is 9.87. The molecule has 0 N–H and O–H groups in total. The molecule has 0 saturated heterocycles. The van der Waals surface area contributed by atoms with E-state index in [9.17, 15) is 0 Å². The Kier molecular flexibility index (Phi) is 15.3. The van der Waals surface area contributed by atoms with E-state index < -0.39 is 15.8 Å². The topological polar surface area (TPSA) is 0 Å². The molecule has 0 aromatic heterocycles. The Morgan fingerprint density at radius 3 is 0.600 bits per heavy atom. The van der Waals surface area contributed by atoms with Crippen LogP contribution in [-0.4, -0.2) is 0 Å². The summed E-state index contributed by atoms with van der Waals surface area (Å²) in [5.74, 6) is 0. The summed E-state index contributed by atoms with van der Waals surface area (Å²) in [4.78, 5) is 0. The fourth-order valence-corrected chi connectivity index (χ4v) is 9.64. The fourth-order valence-electron chi connectivity index (χ4n) is 5.03. The van der Waals surface area contributed by atoms with Crippen molar-refractivity contribution in [3.05, 3.63) is 182 Å². The second-order valence-electron chi connectivity index (χ2n) is 10.7. The van der Waals surface area contributed by atoms with E-state index in [1.165, 1.54) is 63.9 Å². The van der Waals surface area contributed by atoms with Gasteiger partial charge >= 0.3 is 0 Å². The lowest BCUT2D eigenvalue weighted by Crippen LogP contribution is -2.20. The highest BCUT2D eigenvalue weighted by molar-refractivity contribution is 7.80. The lowest BCUT2D eigenvalue weighted by Gasteiger charge is -2.18. The Bertz CT molecular complexity index is 1250. The summed E-state index contributed by atoms with van der Waals surface area (Å²) in [6.07, 6.45) is 7.01. The van der Waals surface area contributed by atoms with Gasteiger partial charge < -0.3 is 0 Å². The van der Waals surface area contributed by atoms with Crippen LogP contribution in [0.1, 0.15) is 46.0 Å². The average Bonchev–Trinajstić information content (AvgIpc) is 3.12. The Morgan fingerprint density at radius 2 is 0.444 bits per heavy atom. The van der Waals surface area contributed by atoms with E-state index in [4.69, 9.17) is 0 Å². The third-order valence-corrected chi connectivity index (χ3v) is 12.2. The highest BCUT2D eigenvalue weighted by Gasteiger charge is 2.16. The molecule has 2 heteroatoms. The van der Waals surface area contributed by atoms with E-state index in [-0.39, 0.29) is 0 Å². The first-order valence-corrected chi connectivity index (χ1v) is 18.9. The first-order chi connectivity index (χ1) is 22.3. The van der Waals surface area contributed by atoms with Crippen molar-refractivity contribution in [2.24, 2.45) is 0 Å². The molecule has 0 heterocycles. The van der Waals surface area contributed by atoms with Crippen LogP contribution in [0.3, 0.4) is 0 Å². The van der Waals surface area contributed by atoms with Gasteiger partial charge in [0.15, 0.2) is 0 Å². The third kappa shape index (κ3) is 11.2. The minimum Gasteiger partial charge on any atom is -0.0654 e. The van der Waals surface area contributed by atoms with Crippen LogP contribution in [0.15, 0.2) is 182 Å². The molecule has 0 atom stereocenters. The average molecular weight is 625 g/mol. The number of unbranched alkanes of at least 4 members (excludes halogenated alkanes) is 4. The van der Waals surface area contributed by atoms with Gasteiger partial charge in [0.1, 0.15) is 0 Å². The molecule has 228 valence electrons. The normalized spacial score (nSPS) is 10.4. The second-order valence-corrected chi connectivity index (χ2v) is 15.2. The first-order valence-electron chi connectivity index (χ1n) is 16.2. The molecule has 0 aliphatic rings. The lowest BCUT2D eigenvalue weighted by molar-refractivity contribution is 0.656. The summed E-state index contributed by atoms with van der Waals surface area (Å²) in [7, 11) is -0.892. The zero-order valence-electron chi connectivity index (χ0n) is 26.8. The zero-order chi connectivity index (χ0) is 31.4. The molecule has 0 fully saturated rings. The SMILES string of the molecule is CCCCCCC.c1ccc(P(c2ccccc2)c2ccccc2)cc1.c1ccc(P(c2ccccc2)c2ccccc2)cc1. The maximum atomic E-state index is 2.25. The van der Waals surface area contributed by atoms with E-state index in [1.54, 1.807) is 0 Å². The molecule has 45 heavy (non-hydrogen) atoms. The summed E-state index contributed by atoms with van der Waals surface area (Å²) in [5.41, 5.74) is 0. The van der Waals surface area contributed by atoms with E-state index in [0.717, 1.165) is 0 Å². The van der Waals surface area contributed by atoms with Crippen LogP contribution in [0.5, 0.6) is 0 Å². The van der Waals surface area contributed by atoms with Gasteiger partial charge in [-0.25, -0.2) is 0 Å². The van der Waals surface area contributed by atoms with E-state index >= 15 is 0 Å². The highest BCUT2D eigenvalue weighted by atomic mass is 31.1. The summed E-state index contributed by atoms with van der Waals surface area (Å²) in [5, 5.41) is 8.39. The molecule has 0 saturated carbocycles. The fraction of sp³-hybridized carbons (Fsp3) is 0.163. The molecule has 6 aromatic carbocycles. The number of hydrogen-bond acceptors (Lipinski definition) is 0. The Hall–Kier alpha value is -3.82. The molecule has 0 unspecified atom stereocenters. The molecule has 6 rings (SSSR count). The van der Waals surface area contributed by atoms with Crippen molar-refractivity contribution in [1.82, 2.24) is 0 Å². The molecule has 0 bridgehead atoms. The van der Waals surface area contributed by atoms with E-state index in [1.807, 2.05) is 0 Å². The van der Waals surface area contributed by atoms with Crippen molar-refractivity contribution < 1.29 is 0 Å². The van der Waals surface area contributed by atoms with Crippen LogP contribution in [0.25, 0.3) is 0 Å². The molecule has 0 amide bonds. The summed E-state index contributed by atoms with van der Waals surface area (Å²) >= 11 is 0. The Balaban J connectivity index is 0.000000170. The van der Waals surface area contributed by atoms with Gasteiger partial charge in [-0.1, -0.05) is 228 Å². The van der Waals surface area contributed by atoms with Crippen molar-refractivity contribution in [3.63, 3.8) is 0 Å². The Morgan fingerprint density at radius 1 is 0.267 bits per heavy atom. The van der Waals surface area contributed by atoms with Crippen LogP contribution in [0, 0.1) is 0 Å². The van der Waals surface area contributed by atoms with E-state index in [2.05, 4.69) is 196 Å². The second kappa shape index (κ2) is 20.3. The predicted molar refractivity (Wildman–Crippen MR) is 205 cm³/mol. The zero-order valence-corrected chi connectivity index (χ0v) is 28.5. The summed E-state index contributed by atoms with van der Waals surface area (Å²) in [6.45, 7) is 4.49. The van der Waals surface area contributed by atoms with Crippen molar-refractivity contribution in [3.8, 4) is 0 Å². The molecule has 0 radical (unpaired) electrons.